The van der Waals surface area contributed by atoms with Gasteiger partial charge in [0.2, 0.25) is 0 Å². The highest BCUT2D eigenvalue weighted by Gasteiger charge is 2.07. The first kappa shape index (κ1) is 11.1. The number of hydrogen-bond acceptors (Lipinski definition) is 2. The van der Waals surface area contributed by atoms with Gasteiger partial charge in [0.05, 0.1) is 0 Å². The fraction of sp³-hybridized carbons (Fsp3) is 0.818. The van der Waals surface area contributed by atoms with Crippen LogP contribution < -0.4 is 0 Å². The molecule has 0 atom stereocenters. The predicted molar refractivity (Wildman–Crippen MR) is 62.4 cm³/mol. The van der Waals surface area contributed by atoms with Crippen LogP contribution in [-0.2, 0) is 0 Å². The molecule has 1 rings (SSSR count). The molecule has 0 aromatic carbocycles. The summed E-state index contributed by atoms with van der Waals surface area (Å²) < 4.78 is 0. The monoisotopic (exact) mass is 199 g/mol. The molecule has 1 aliphatic rings. The molecule has 0 radical (unpaired) electrons. The van der Waals surface area contributed by atoms with Crippen molar-refractivity contribution in [1.82, 2.24) is 4.90 Å². The lowest BCUT2D eigenvalue weighted by Gasteiger charge is -2.18. The normalized spacial score (nSPS) is 19.7. The lowest BCUT2D eigenvalue weighted by atomic mass is 10.2. The maximum Gasteiger partial charge on any atom is 0.0111 e. The summed E-state index contributed by atoms with van der Waals surface area (Å²) >= 11 is 1.99. The maximum absolute atomic E-state index is 3.73. The molecule has 0 saturated carbocycles. The number of hydrogen-bond donors (Lipinski definition) is 0. The van der Waals surface area contributed by atoms with Crippen molar-refractivity contribution in [2.75, 3.05) is 31.1 Å². The Kier molecular flexibility index (Phi) is 6.38. The van der Waals surface area contributed by atoms with Crippen molar-refractivity contribution in [2.45, 2.75) is 25.7 Å². The second-order valence-electron chi connectivity index (χ2n) is 3.62. The summed E-state index contributed by atoms with van der Waals surface area (Å²) in [6, 6.07) is 0. The van der Waals surface area contributed by atoms with Crippen molar-refractivity contribution in [2.24, 2.45) is 0 Å². The highest BCUT2D eigenvalue weighted by molar-refractivity contribution is 7.99. The molecule has 0 amide bonds. The Hall–Kier alpha value is 0.0500. The Bertz CT molecular complexity index is 128. The van der Waals surface area contributed by atoms with Crippen molar-refractivity contribution in [3.05, 3.63) is 12.7 Å². The second-order valence-corrected chi connectivity index (χ2v) is 4.77. The molecule has 0 spiro atoms. The smallest absolute Gasteiger partial charge is 0.0111 e. The summed E-state index contributed by atoms with van der Waals surface area (Å²) in [6.45, 7) is 7.66. The summed E-state index contributed by atoms with van der Waals surface area (Å²) in [6.07, 6.45) is 7.69. The van der Waals surface area contributed by atoms with Gasteiger partial charge in [-0.3, -0.25) is 0 Å². The van der Waals surface area contributed by atoms with Crippen LogP contribution in [0, 0.1) is 0 Å². The maximum atomic E-state index is 3.73. The summed E-state index contributed by atoms with van der Waals surface area (Å²) in [7, 11) is 0. The quantitative estimate of drug-likeness (QED) is 0.495. The molecule has 2 heteroatoms. The molecular weight excluding hydrogens is 178 g/mol. The molecule has 76 valence electrons. The predicted octanol–water partition coefficient (Wildman–Crippen LogP) is 2.78. The molecule has 0 aromatic heterocycles. The Balaban J connectivity index is 2.01. The lowest BCUT2D eigenvalue weighted by molar-refractivity contribution is 0.303. The van der Waals surface area contributed by atoms with Gasteiger partial charge < -0.3 is 4.90 Å². The van der Waals surface area contributed by atoms with Crippen LogP contribution in [-0.4, -0.2) is 36.0 Å². The van der Waals surface area contributed by atoms with Gasteiger partial charge in [-0.15, -0.1) is 6.58 Å². The lowest BCUT2D eigenvalue weighted by Crippen LogP contribution is -2.27. The molecular formula is C11H21NS. The van der Waals surface area contributed by atoms with E-state index in [4.69, 9.17) is 0 Å². The third-order valence-corrected chi connectivity index (χ3v) is 3.43. The number of nitrogens with zero attached hydrogens (tertiary/aromatic N) is 1. The van der Waals surface area contributed by atoms with Gasteiger partial charge in [-0.05, 0) is 25.9 Å². The Labute approximate surface area is 86.6 Å². The van der Waals surface area contributed by atoms with E-state index in [1.165, 1.54) is 51.1 Å². The second kappa shape index (κ2) is 7.45. The van der Waals surface area contributed by atoms with Crippen LogP contribution in [0.4, 0.5) is 0 Å². The van der Waals surface area contributed by atoms with Gasteiger partial charge in [-0.2, -0.15) is 11.8 Å². The minimum Gasteiger partial charge on any atom is -0.303 e. The fourth-order valence-corrected chi connectivity index (χ4v) is 2.44. The van der Waals surface area contributed by atoms with Crippen LogP contribution in [0.3, 0.4) is 0 Å². The average Bonchev–Trinajstić information content (AvgIpc) is 2.41. The Morgan fingerprint density at radius 1 is 1.15 bits per heavy atom. The number of thioether (sulfide) groups is 1. The molecule has 13 heavy (non-hydrogen) atoms. The average molecular weight is 199 g/mol. The van der Waals surface area contributed by atoms with Crippen LogP contribution in [0.1, 0.15) is 25.7 Å². The highest BCUT2D eigenvalue weighted by atomic mass is 32.2. The van der Waals surface area contributed by atoms with Gasteiger partial charge in [0.25, 0.3) is 0 Å². The van der Waals surface area contributed by atoms with E-state index in [1.54, 1.807) is 0 Å². The first-order valence-electron chi connectivity index (χ1n) is 5.34. The summed E-state index contributed by atoms with van der Waals surface area (Å²) in [5, 5.41) is 0. The van der Waals surface area contributed by atoms with E-state index in [0.29, 0.717) is 0 Å². The van der Waals surface area contributed by atoms with E-state index in [-0.39, 0.29) is 0 Å². The van der Waals surface area contributed by atoms with Crippen LogP contribution in [0.25, 0.3) is 0 Å². The Morgan fingerprint density at radius 3 is 2.46 bits per heavy atom. The van der Waals surface area contributed by atoms with E-state index in [2.05, 4.69) is 11.5 Å². The molecule has 1 fully saturated rings. The van der Waals surface area contributed by atoms with Crippen molar-refractivity contribution in [3.63, 3.8) is 0 Å². The zero-order valence-electron chi connectivity index (χ0n) is 8.50. The highest BCUT2D eigenvalue weighted by Crippen LogP contribution is 2.10. The van der Waals surface area contributed by atoms with E-state index >= 15 is 0 Å². The van der Waals surface area contributed by atoms with Gasteiger partial charge >= 0.3 is 0 Å². The molecule has 0 aromatic rings. The largest absolute Gasteiger partial charge is 0.303 e. The zero-order valence-corrected chi connectivity index (χ0v) is 9.32. The van der Waals surface area contributed by atoms with Crippen LogP contribution >= 0.6 is 11.8 Å². The van der Waals surface area contributed by atoms with Crippen molar-refractivity contribution in [1.29, 1.82) is 0 Å². The molecule has 1 aliphatic heterocycles. The third kappa shape index (κ3) is 5.37. The zero-order chi connectivity index (χ0) is 9.36. The van der Waals surface area contributed by atoms with E-state index in [1.807, 2.05) is 17.8 Å². The first-order chi connectivity index (χ1) is 6.43. The molecule has 0 unspecified atom stereocenters. The van der Waals surface area contributed by atoms with Gasteiger partial charge in [0.1, 0.15) is 0 Å². The molecule has 0 aliphatic carbocycles. The van der Waals surface area contributed by atoms with E-state index in [0.717, 1.165) is 5.75 Å². The topological polar surface area (TPSA) is 3.24 Å². The molecule has 1 saturated heterocycles. The SMILES string of the molecule is C=CCSCCN1CCCCCC1. The van der Waals surface area contributed by atoms with Gasteiger partial charge in [0, 0.05) is 18.1 Å². The van der Waals surface area contributed by atoms with Crippen molar-refractivity contribution >= 4 is 11.8 Å². The first-order valence-corrected chi connectivity index (χ1v) is 6.50. The van der Waals surface area contributed by atoms with Crippen molar-refractivity contribution in [3.8, 4) is 0 Å². The van der Waals surface area contributed by atoms with Crippen LogP contribution in [0.15, 0.2) is 12.7 Å². The minimum atomic E-state index is 1.10. The summed E-state index contributed by atoms with van der Waals surface area (Å²) in [5.74, 6) is 2.37. The molecule has 0 bridgehead atoms. The molecule has 1 heterocycles. The fourth-order valence-electron chi connectivity index (χ4n) is 1.72. The Morgan fingerprint density at radius 2 is 1.85 bits per heavy atom. The van der Waals surface area contributed by atoms with Crippen LogP contribution in [0.2, 0.25) is 0 Å². The summed E-state index contributed by atoms with van der Waals surface area (Å²) in [4.78, 5) is 2.61. The minimum absolute atomic E-state index is 1.10. The number of rotatable bonds is 5. The summed E-state index contributed by atoms with van der Waals surface area (Å²) in [5.41, 5.74) is 0. The third-order valence-electron chi connectivity index (χ3n) is 2.49. The van der Waals surface area contributed by atoms with E-state index in [9.17, 15) is 0 Å². The number of likely N-dealkylation sites (tertiary alicyclic amines) is 1. The standard InChI is InChI=1S/C11H21NS/c1-2-10-13-11-9-12-7-5-3-4-6-8-12/h2H,1,3-11H2. The van der Waals surface area contributed by atoms with E-state index < -0.39 is 0 Å². The van der Waals surface area contributed by atoms with Gasteiger partial charge in [-0.1, -0.05) is 18.9 Å². The van der Waals surface area contributed by atoms with Gasteiger partial charge in [0.15, 0.2) is 0 Å². The molecule has 0 N–H and O–H groups in total. The van der Waals surface area contributed by atoms with Crippen LogP contribution in [0.5, 0.6) is 0 Å². The van der Waals surface area contributed by atoms with Crippen molar-refractivity contribution < 1.29 is 0 Å². The van der Waals surface area contributed by atoms with Gasteiger partial charge in [-0.25, -0.2) is 0 Å². The molecule has 1 nitrogen and oxygen atoms in total.